The molecule has 0 atom stereocenters. The Hall–Kier alpha value is -2.35. The molecule has 0 aliphatic carbocycles. The van der Waals surface area contributed by atoms with Crippen molar-refractivity contribution in [1.82, 2.24) is 4.98 Å². The predicted octanol–water partition coefficient (Wildman–Crippen LogP) is 4.75. The molecule has 0 saturated carbocycles. The van der Waals surface area contributed by atoms with Crippen molar-refractivity contribution in [1.29, 1.82) is 0 Å². The SMILES string of the molecule is COc1cc(Br)c2nc(C(=O)Nc3ccc(N4CCOCC4)cc3)cc(Cl)c2c1. The van der Waals surface area contributed by atoms with Gasteiger partial charge in [-0.25, -0.2) is 4.98 Å². The number of hydrogen-bond acceptors (Lipinski definition) is 5. The number of methoxy groups -OCH3 is 1. The van der Waals surface area contributed by atoms with Crippen LogP contribution in [0.4, 0.5) is 11.4 Å². The Morgan fingerprint density at radius 3 is 2.62 bits per heavy atom. The largest absolute Gasteiger partial charge is 0.497 e. The third-order valence-electron chi connectivity index (χ3n) is 4.76. The fourth-order valence-corrected chi connectivity index (χ4v) is 4.00. The summed E-state index contributed by atoms with van der Waals surface area (Å²) in [5, 5.41) is 4.02. The Balaban J connectivity index is 1.55. The van der Waals surface area contributed by atoms with Gasteiger partial charge < -0.3 is 19.7 Å². The lowest BCUT2D eigenvalue weighted by Crippen LogP contribution is -2.36. The Morgan fingerprint density at radius 1 is 1.21 bits per heavy atom. The fraction of sp³-hybridized carbons (Fsp3) is 0.238. The number of halogens is 2. The van der Waals surface area contributed by atoms with E-state index in [1.54, 1.807) is 25.3 Å². The minimum Gasteiger partial charge on any atom is -0.497 e. The molecule has 2 aromatic carbocycles. The Bertz CT molecular complexity index is 1050. The highest BCUT2D eigenvalue weighted by Gasteiger charge is 2.15. The molecule has 1 fully saturated rings. The van der Waals surface area contributed by atoms with E-state index in [4.69, 9.17) is 21.1 Å². The number of rotatable bonds is 4. The van der Waals surface area contributed by atoms with Crippen molar-refractivity contribution in [3.63, 3.8) is 0 Å². The smallest absolute Gasteiger partial charge is 0.274 e. The maximum Gasteiger partial charge on any atom is 0.274 e. The molecule has 1 amide bonds. The van der Waals surface area contributed by atoms with E-state index >= 15 is 0 Å². The first-order valence-corrected chi connectivity index (χ1v) is 10.3. The van der Waals surface area contributed by atoms with E-state index in [1.807, 2.05) is 24.3 Å². The van der Waals surface area contributed by atoms with Gasteiger partial charge in [-0.2, -0.15) is 0 Å². The molecule has 2 heterocycles. The van der Waals surface area contributed by atoms with Crippen LogP contribution in [0.3, 0.4) is 0 Å². The summed E-state index contributed by atoms with van der Waals surface area (Å²) in [5.41, 5.74) is 2.65. The highest BCUT2D eigenvalue weighted by molar-refractivity contribution is 9.10. The van der Waals surface area contributed by atoms with Gasteiger partial charge in [0.15, 0.2) is 0 Å². The number of aromatic nitrogens is 1. The lowest BCUT2D eigenvalue weighted by molar-refractivity contribution is 0.102. The summed E-state index contributed by atoms with van der Waals surface area (Å²) >= 11 is 9.88. The van der Waals surface area contributed by atoms with Gasteiger partial charge in [0.25, 0.3) is 5.91 Å². The van der Waals surface area contributed by atoms with Gasteiger partial charge in [-0.15, -0.1) is 0 Å². The molecule has 6 nitrogen and oxygen atoms in total. The average Bonchev–Trinajstić information content (AvgIpc) is 2.75. The highest BCUT2D eigenvalue weighted by atomic mass is 79.9. The number of morpholine rings is 1. The van der Waals surface area contributed by atoms with Crippen molar-refractivity contribution >= 4 is 55.7 Å². The molecule has 0 bridgehead atoms. The molecule has 29 heavy (non-hydrogen) atoms. The van der Waals surface area contributed by atoms with Crippen molar-refractivity contribution in [2.45, 2.75) is 0 Å². The fourth-order valence-electron chi connectivity index (χ4n) is 3.23. The van der Waals surface area contributed by atoms with Crippen LogP contribution in [0.15, 0.2) is 46.9 Å². The van der Waals surface area contributed by atoms with Crippen LogP contribution in [-0.4, -0.2) is 44.3 Å². The molecule has 4 rings (SSSR count). The molecule has 0 radical (unpaired) electrons. The quantitative estimate of drug-likeness (QED) is 0.589. The van der Waals surface area contributed by atoms with Gasteiger partial charge in [-0.1, -0.05) is 11.6 Å². The van der Waals surface area contributed by atoms with Gasteiger partial charge in [0.05, 0.1) is 30.9 Å². The number of nitrogens with zero attached hydrogens (tertiary/aromatic N) is 2. The van der Waals surface area contributed by atoms with Crippen molar-refractivity contribution in [2.24, 2.45) is 0 Å². The lowest BCUT2D eigenvalue weighted by atomic mass is 10.2. The van der Waals surface area contributed by atoms with Crippen LogP contribution in [-0.2, 0) is 4.74 Å². The van der Waals surface area contributed by atoms with Crippen LogP contribution in [0.1, 0.15) is 10.5 Å². The lowest BCUT2D eigenvalue weighted by Gasteiger charge is -2.28. The number of ether oxygens (including phenoxy) is 2. The summed E-state index contributed by atoms with van der Waals surface area (Å²) in [6.07, 6.45) is 0. The Kier molecular flexibility index (Phi) is 5.89. The number of benzene rings is 2. The topological polar surface area (TPSA) is 63.7 Å². The third kappa shape index (κ3) is 4.32. The number of hydrogen-bond donors (Lipinski definition) is 1. The van der Waals surface area contributed by atoms with Crippen LogP contribution >= 0.6 is 27.5 Å². The van der Waals surface area contributed by atoms with E-state index in [1.165, 1.54) is 0 Å². The van der Waals surface area contributed by atoms with E-state index in [2.05, 4.69) is 31.1 Å². The number of carbonyl (C=O) groups excluding carboxylic acids is 1. The molecule has 1 saturated heterocycles. The van der Waals surface area contributed by atoms with Crippen LogP contribution in [0.25, 0.3) is 10.9 Å². The second-order valence-corrected chi connectivity index (χ2v) is 7.86. The zero-order valence-electron chi connectivity index (χ0n) is 15.7. The number of pyridine rings is 1. The maximum atomic E-state index is 12.7. The van der Waals surface area contributed by atoms with Crippen LogP contribution in [0, 0.1) is 0 Å². The first-order valence-electron chi connectivity index (χ1n) is 9.13. The molecule has 1 N–H and O–H groups in total. The molecule has 1 aliphatic rings. The molecule has 0 spiro atoms. The zero-order chi connectivity index (χ0) is 20.4. The number of fused-ring (bicyclic) bond motifs is 1. The number of nitrogens with one attached hydrogen (secondary N) is 1. The van der Waals surface area contributed by atoms with E-state index in [0.29, 0.717) is 31.8 Å². The minimum absolute atomic E-state index is 0.241. The van der Waals surface area contributed by atoms with E-state index < -0.39 is 0 Å². The summed E-state index contributed by atoms with van der Waals surface area (Å²) in [4.78, 5) is 19.5. The predicted molar refractivity (Wildman–Crippen MR) is 118 cm³/mol. The average molecular weight is 477 g/mol. The van der Waals surface area contributed by atoms with Crippen molar-refractivity contribution in [3.8, 4) is 5.75 Å². The van der Waals surface area contributed by atoms with Gasteiger partial charge in [0.2, 0.25) is 0 Å². The molecule has 0 unspecified atom stereocenters. The first-order chi connectivity index (χ1) is 14.0. The summed E-state index contributed by atoms with van der Waals surface area (Å²) in [7, 11) is 1.58. The summed E-state index contributed by atoms with van der Waals surface area (Å²) in [6.45, 7) is 3.19. The standard InChI is InChI=1S/C21H19BrClN3O3/c1-28-15-10-16-18(23)12-19(25-20(16)17(22)11-15)21(27)24-13-2-4-14(5-3-13)26-6-8-29-9-7-26/h2-5,10-12H,6-9H2,1H3,(H,24,27). The Morgan fingerprint density at radius 2 is 1.93 bits per heavy atom. The molecular formula is C21H19BrClN3O3. The highest BCUT2D eigenvalue weighted by Crippen LogP contribution is 2.33. The van der Waals surface area contributed by atoms with Crippen LogP contribution < -0.4 is 15.0 Å². The van der Waals surface area contributed by atoms with Gasteiger partial charge in [0.1, 0.15) is 11.4 Å². The maximum absolute atomic E-state index is 12.7. The van der Waals surface area contributed by atoms with Gasteiger partial charge in [0, 0.05) is 34.3 Å². The van der Waals surface area contributed by atoms with E-state index in [-0.39, 0.29) is 11.6 Å². The monoisotopic (exact) mass is 475 g/mol. The summed E-state index contributed by atoms with van der Waals surface area (Å²) < 4.78 is 11.4. The summed E-state index contributed by atoms with van der Waals surface area (Å²) in [5.74, 6) is 0.335. The normalized spacial score (nSPS) is 14.1. The van der Waals surface area contributed by atoms with Gasteiger partial charge in [-0.05, 0) is 58.4 Å². The second kappa shape index (κ2) is 8.57. The van der Waals surface area contributed by atoms with Crippen molar-refractivity contribution in [3.05, 3.63) is 57.7 Å². The zero-order valence-corrected chi connectivity index (χ0v) is 18.1. The second-order valence-electron chi connectivity index (χ2n) is 6.60. The minimum atomic E-state index is -0.323. The van der Waals surface area contributed by atoms with Crippen molar-refractivity contribution < 1.29 is 14.3 Å². The number of anilines is 2. The first kappa shape index (κ1) is 19.9. The molecule has 8 heteroatoms. The molecule has 1 aromatic heterocycles. The summed E-state index contributed by atoms with van der Waals surface area (Å²) in [6, 6.07) is 12.9. The van der Waals surface area contributed by atoms with Crippen LogP contribution in [0.2, 0.25) is 5.02 Å². The van der Waals surface area contributed by atoms with Crippen LogP contribution in [0.5, 0.6) is 5.75 Å². The number of amides is 1. The van der Waals surface area contributed by atoms with Crippen molar-refractivity contribution in [2.75, 3.05) is 43.6 Å². The Labute approximate surface area is 181 Å². The van der Waals surface area contributed by atoms with E-state index in [9.17, 15) is 4.79 Å². The molecule has 150 valence electrons. The third-order valence-corrected chi connectivity index (χ3v) is 5.68. The van der Waals surface area contributed by atoms with Gasteiger partial charge >= 0.3 is 0 Å². The van der Waals surface area contributed by atoms with E-state index in [0.717, 1.165) is 32.0 Å². The molecule has 1 aliphatic heterocycles. The molecule has 3 aromatic rings. The number of carbonyl (C=O) groups is 1. The molecular weight excluding hydrogens is 458 g/mol. The van der Waals surface area contributed by atoms with Gasteiger partial charge in [-0.3, -0.25) is 4.79 Å².